The number of hydrogen-bond acceptors (Lipinski definition) is 3. The summed E-state index contributed by atoms with van der Waals surface area (Å²) in [7, 11) is 0. The third kappa shape index (κ3) is 1.84. The number of hydrogen-bond donors (Lipinski definition) is 1. The monoisotopic (exact) mass is 262 g/mol. The van der Waals surface area contributed by atoms with Crippen LogP contribution < -0.4 is 0 Å². The summed E-state index contributed by atoms with van der Waals surface area (Å²) in [5, 5.41) is 21.1. The summed E-state index contributed by atoms with van der Waals surface area (Å²) in [5.74, 6) is 0.770. The smallest absolute Gasteiger partial charge is 0.0999 e. The van der Waals surface area contributed by atoms with Crippen molar-refractivity contribution in [1.82, 2.24) is 4.90 Å². The predicted molar refractivity (Wildman–Crippen MR) is 74.5 cm³/mol. The van der Waals surface area contributed by atoms with Gasteiger partial charge in [0.1, 0.15) is 0 Å². The zero-order valence-corrected chi connectivity index (χ0v) is 12.1. The molecule has 0 amide bonds. The third-order valence-corrected chi connectivity index (χ3v) is 6.27. The van der Waals surface area contributed by atoms with Crippen LogP contribution in [0, 0.1) is 22.7 Å². The first-order valence-electron chi connectivity index (χ1n) is 8.03. The quantitative estimate of drug-likeness (QED) is 0.832. The molecule has 3 rings (SSSR count). The fourth-order valence-corrected chi connectivity index (χ4v) is 4.89. The summed E-state index contributed by atoms with van der Waals surface area (Å²) in [4.78, 5) is 2.42. The molecule has 0 aromatic carbocycles. The van der Waals surface area contributed by atoms with Gasteiger partial charge in [0.15, 0.2) is 0 Å². The van der Waals surface area contributed by atoms with Gasteiger partial charge in [0.25, 0.3) is 0 Å². The molecular weight excluding hydrogens is 236 g/mol. The summed E-state index contributed by atoms with van der Waals surface area (Å²) >= 11 is 0. The molecule has 3 nitrogen and oxygen atoms in total. The van der Waals surface area contributed by atoms with Crippen molar-refractivity contribution in [2.45, 2.75) is 69.9 Å². The van der Waals surface area contributed by atoms with Gasteiger partial charge >= 0.3 is 0 Å². The van der Waals surface area contributed by atoms with Crippen molar-refractivity contribution in [3.05, 3.63) is 0 Å². The first kappa shape index (κ1) is 13.4. The van der Waals surface area contributed by atoms with Crippen LogP contribution in [0.5, 0.6) is 0 Å². The molecule has 1 aliphatic carbocycles. The lowest BCUT2D eigenvalue weighted by molar-refractivity contribution is -0.0939. The SMILES string of the molecule is CCC1CCC(C#N)(C2(O)CCN3CCCC32)CC1. The molecule has 2 aliphatic heterocycles. The number of aliphatic hydroxyl groups is 1. The van der Waals surface area contributed by atoms with Gasteiger partial charge in [-0.1, -0.05) is 13.3 Å². The summed E-state index contributed by atoms with van der Waals surface area (Å²) in [5.41, 5.74) is -1.21. The topological polar surface area (TPSA) is 47.3 Å². The lowest BCUT2D eigenvalue weighted by Gasteiger charge is -2.47. The molecule has 3 heteroatoms. The molecule has 0 aromatic rings. The Labute approximate surface area is 116 Å². The molecule has 2 saturated heterocycles. The van der Waals surface area contributed by atoms with E-state index in [1.807, 2.05) is 0 Å². The van der Waals surface area contributed by atoms with E-state index in [1.54, 1.807) is 0 Å². The maximum atomic E-state index is 11.3. The summed E-state index contributed by atoms with van der Waals surface area (Å²) in [6.07, 6.45) is 8.35. The lowest BCUT2D eigenvalue weighted by atomic mass is 9.59. The van der Waals surface area contributed by atoms with Crippen molar-refractivity contribution in [2.75, 3.05) is 13.1 Å². The van der Waals surface area contributed by atoms with Gasteiger partial charge in [-0.3, -0.25) is 4.90 Å². The van der Waals surface area contributed by atoms with Crippen molar-refractivity contribution < 1.29 is 5.11 Å². The number of nitriles is 1. The predicted octanol–water partition coefficient (Wildman–Crippen LogP) is 2.70. The Morgan fingerprint density at radius 3 is 2.58 bits per heavy atom. The molecule has 3 aliphatic rings. The zero-order valence-electron chi connectivity index (χ0n) is 12.1. The van der Waals surface area contributed by atoms with Gasteiger partial charge in [-0.2, -0.15) is 5.26 Å². The van der Waals surface area contributed by atoms with Crippen LogP contribution in [0.25, 0.3) is 0 Å². The average molecular weight is 262 g/mol. The van der Waals surface area contributed by atoms with E-state index >= 15 is 0 Å². The van der Waals surface area contributed by atoms with Gasteiger partial charge < -0.3 is 5.11 Å². The Morgan fingerprint density at radius 1 is 1.21 bits per heavy atom. The van der Waals surface area contributed by atoms with Gasteiger partial charge in [-0.25, -0.2) is 0 Å². The highest BCUT2D eigenvalue weighted by molar-refractivity contribution is 5.20. The Morgan fingerprint density at radius 2 is 1.95 bits per heavy atom. The molecule has 0 aromatic heterocycles. The highest BCUT2D eigenvalue weighted by atomic mass is 16.3. The second-order valence-corrected chi connectivity index (χ2v) is 6.91. The summed E-state index contributed by atoms with van der Waals surface area (Å²) < 4.78 is 0. The van der Waals surface area contributed by atoms with Crippen molar-refractivity contribution >= 4 is 0 Å². The molecule has 0 bridgehead atoms. The fraction of sp³-hybridized carbons (Fsp3) is 0.938. The number of nitrogens with zero attached hydrogens (tertiary/aromatic N) is 2. The lowest BCUT2D eigenvalue weighted by Crippen LogP contribution is -2.55. The average Bonchev–Trinajstić information content (AvgIpc) is 3.04. The van der Waals surface area contributed by atoms with Crippen molar-refractivity contribution in [3.63, 3.8) is 0 Å². The van der Waals surface area contributed by atoms with Crippen LogP contribution in [0.1, 0.15) is 58.3 Å². The Bertz CT molecular complexity index is 381. The highest BCUT2D eigenvalue weighted by Gasteiger charge is 2.60. The standard InChI is InChI=1S/C16H26N2O/c1-2-13-5-7-15(12-17,8-6-13)16(19)9-11-18-10-3-4-14(16)18/h13-14,19H,2-11H2,1H3. The Kier molecular flexibility index (Phi) is 3.35. The van der Waals surface area contributed by atoms with Crippen LogP contribution in [-0.2, 0) is 0 Å². The van der Waals surface area contributed by atoms with Gasteiger partial charge in [0.05, 0.1) is 17.1 Å². The van der Waals surface area contributed by atoms with Crippen LogP contribution >= 0.6 is 0 Å². The van der Waals surface area contributed by atoms with Gasteiger partial charge in [-0.05, 0) is 57.4 Å². The molecular formula is C16H26N2O. The molecule has 2 heterocycles. The Balaban J connectivity index is 1.84. The van der Waals surface area contributed by atoms with Crippen molar-refractivity contribution in [3.8, 4) is 6.07 Å². The molecule has 1 N–H and O–H groups in total. The number of rotatable bonds is 2. The van der Waals surface area contributed by atoms with Crippen LogP contribution in [0.15, 0.2) is 0 Å². The van der Waals surface area contributed by atoms with E-state index in [0.29, 0.717) is 0 Å². The highest BCUT2D eigenvalue weighted by Crippen LogP contribution is 2.54. The Hall–Kier alpha value is -0.590. The molecule has 0 spiro atoms. The zero-order chi connectivity index (χ0) is 13.5. The van der Waals surface area contributed by atoms with E-state index in [1.165, 1.54) is 12.8 Å². The summed E-state index contributed by atoms with van der Waals surface area (Å²) in [6, 6.07) is 2.84. The molecule has 3 fully saturated rings. The van der Waals surface area contributed by atoms with E-state index in [-0.39, 0.29) is 6.04 Å². The van der Waals surface area contributed by atoms with Crippen LogP contribution in [-0.4, -0.2) is 34.7 Å². The molecule has 0 radical (unpaired) electrons. The largest absolute Gasteiger partial charge is 0.387 e. The minimum absolute atomic E-state index is 0.255. The maximum absolute atomic E-state index is 11.3. The van der Waals surface area contributed by atoms with Gasteiger partial charge in [0.2, 0.25) is 0 Å². The van der Waals surface area contributed by atoms with Crippen LogP contribution in [0.2, 0.25) is 0 Å². The van der Waals surface area contributed by atoms with Crippen molar-refractivity contribution in [2.24, 2.45) is 11.3 Å². The molecule has 2 unspecified atom stereocenters. The molecule has 1 saturated carbocycles. The van der Waals surface area contributed by atoms with E-state index in [4.69, 9.17) is 0 Å². The first-order chi connectivity index (χ1) is 9.15. The van der Waals surface area contributed by atoms with Crippen molar-refractivity contribution in [1.29, 1.82) is 5.26 Å². The van der Waals surface area contributed by atoms with E-state index in [9.17, 15) is 10.4 Å². The second kappa shape index (κ2) is 4.75. The molecule has 106 valence electrons. The fourth-order valence-electron chi connectivity index (χ4n) is 4.89. The minimum atomic E-state index is -0.739. The third-order valence-electron chi connectivity index (χ3n) is 6.27. The van der Waals surface area contributed by atoms with E-state index in [0.717, 1.165) is 57.5 Å². The second-order valence-electron chi connectivity index (χ2n) is 6.91. The van der Waals surface area contributed by atoms with Gasteiger partial charge in [0, 0.05) is 12.6 Å². The minimum Gasteiger partial charge on any atom is -0.387 e. The maximum Gasteiger partial charge on any atom is 0.0999 e. The number of fused-ring (bicyclic) bond motifs is 1. The molecule has 19 heavy (non-hydrogen) atoms. The first-order valence-corrected chi connectivity index (χ1v) is 8.03. The van der Waals surface area contributed by atoms with E-state index < -0.39 is 11.0 Å². The van der Waals surface area contributed by atoms with Crippen LogP contribution in [0.4, 0.5) is 0 Å². The van der Waals surface area contributed by atoms with E-state index in [2.05, 4.69) is 17.9 Å². The van der Waals surface area contributed by atoms with Crippen LogP contribution in [0.3, 0.4) is 0 Å². The molecule has 2 atom stereocenters. The van der Waals surface area contributed by atoms with Gasteiger partial charge in [-0.15, -0.1) is 0 Å². The normalized spacial score (nSPS) is 47.0. The summed E-state index contributed by atoms with van der Waals surface area (Å²) in [6.45, 7) is 4.35.